The summed E-state index contributed by atoms with van der Waals surface area (Å²) >= 11 is 5.92. The molecule has 0 aliphatic carbocycles. The van der Waals surface area contributed by atoms with Gasteiger partial charge in [-0.1, -0.05) is 23.7 Å². The van der Waals surface area contributed by atoms with Crippen molar-refractivity contribution >= 4 is 17.5 Å². The summed E-state index contributed by atoms with van der Waals surface area (Å²) in [6.07, 6.45) is 0.448. The van der Waals surface area contributed by atoms with Crippen molar-refractivity contribution in [1.29, 1.82) is 0 Å². The van der Waals surface area contributed by atoms with Gasteiger partial charge >= 0.3 is 0 Å². The highest BCUT2D eigenvalue weighted by atomic mass is 35.5. The number of carbonyl (C=O) groups is 1. The van der Waals surface area contributed by atoms with Crippen LogP contribution in [0.15, 0.2) is 24.3 Å². The van der Waals surface area contributed by atoms with Crippen LogP contribution >= 0.6 is 11.6 Å². The van der Waals surface area contributed by atoms with Crippen molar-refractivity contribution in [3.63, 3.8) is 0 Å². The molecule has 2 N–H and O–H groups in total. The quantitative estimate of drug-likeness (QED) is 0.811. The first-order valence-corrected chi connectivity index (χ1v) is 5.72. The second-order valence-corrected chi connectivity index (χ2v) is 4.03. The van der Waals surface area contributed by atoms with E-state index in [-0.39, 0.29) is 18.6 Å². The lowest BCUT2D eigenvalue weighted by atomic mass is 10.1. The number of hydrogen-bond acceptors (Lipinski definition) is 3. The fourth-order valence-electron chi connectivity index (χ4n) is 1.46. The van der Waals surface area contributed by atoms with Crippen molar-refractivity contribution in [3.05, 3.63) is 34.9 Å². The highest BCUT2D eigenvalue weighted by Crippen LogP contribution is 2.14. The SMILES string of the molecule is COCC(CCO)NC(=O)c1ccccc1Cl. The number of benzene rings is 1. The molecule has 0 aliphatic heterocycles. The third-order valence-electron chi connectivity index (χ3n) is 2.30. The van der Waals surface area contributed by atoms with Gasteiger partial charge < -0.3 is 15.2 Å². The Hall–Kier alpha value is -1.10. The Morgan fingerprint density at radius 1 is 1.53 bits per heavy atom. The van der Waals surface area contributed by atoms with Crippen molar-refractivity contribution in [2.24, 2.45) is 0 Å². The van der Waals surface area contributed by atoms with E-state index in [4.69, 9.17) is 21.4 Å². The van der Waals surface area contributed by atoms with Crippen LogP contribution in [0.3, 0.4) is 0 Å². The molecular formula is C12H16ClNO3. The predicted octanol–water partition coefficient (Wildman–Crippen LogP) is 1.47. The van der Waals surface area contributed by atoms with Gasteiger partial charge in [-0.05, 0) is 18.6 Å². The Labute approximate surface area is 106 Å². The summed E-state index contributed by atoms with van der Waals surface area (Å²) in [7, 11) is 1.55. The number of methoxy groups -OCH3 is 1. The predicted molar refractivity (Wildman–Crippen MR) is 66.3 cm³/mol. The smallest absolute Gasteiger partial charge is 0.253 e. The van der Waals surface area contributed by atoms with Gasteiger partial charge in [0.25, 0.3) is 5.91 Å². The number of rotatable bonds is 6. The first-order chi connectivity index (χ1) is 8.19. The number of amides is 1. The van der Waals surface area contributed by atoms with Crippen molar-refractivity contribution in [2.45, 2.75) is 12.5 Å². The second-order valence-electron chi connectivity index (χ2n) is 3.62. The van der Waals surface area contributed by atoms with Crippen LogP contribution in [0.4, 0.5) is 0 Å². The summed E-state index contributed by atoms with van der Waals surface area (Å²) in [5, 5.41) is 12.0. The van der Waals surface area contributed by atoms with Gasteiger partial charge in [0.15, 0.2) is 0 Å². The third-order valence-corrected chi connectivity index (χ3v) is 2.63. The van der Waals surface area contributed by atoms with E-state index < -0.39 is 0 Å². The van der Waals surface area contributed by atoms with Gasteiger partial charge in [-0.3, -0.25) is 4.79 Å². The van der Waals surface area contributed by atoms with Gasteiger partial charge in [0, 0.05) is 13.7 Å². The van der Waals surface area contributed by atoms with Crippen LogP contribution in [-0.2, 0) is 4.74 Å². The topological polar surface area (TPSA) is 58.6 Å². The molecule has 0 radical (unpaired) electrons. The molecule has 0 aliphatic rings. The zero-order valence-electron chi connectivity index (χ0n) is 9.65. The van der Waals surface area contributed by atoms with Crippen LogP contribution in [0.5, 0.6) is 0 Å². The maximum Gasteiger partial charge on any atom is 0.253 e. The van der Waals surface area contributed by atoms with E-state index in [0.29, 0.717) is 23.6 Å². The van der Waals surface area contributed by atoms with Gasteiger partial charge in [-0.25, -0.2) is 0 Å². The molecule has 0 aromatic heterocycles. The van der Waals surface area contributed by atoms with E-state index in [0.717, 1.165) is 0 Å². The zero-order valence-corrected chi connectivity index (χ0v) is 10.4. The number of aliphatic hydroxyl groups excluding tert-OH is 1. The molecule has 0 bridgehead atoms. The molecule has 0 saturated heterocycles. The number of aliphatic hydroxyl groups is 1. The molecule has 17 heavy (non-hydrogen) atoms. The number of nitrogens with one attached hydrogen (secondary N) is 1. The fourth-order valence-corrected chi connectivity index (χ4v) is 1.68. The Balaban J connectivity index is 2.67. The van der Waals surface area contributed by atoms with Gasteiger partial charge in [0.1, 0.15) is 0 Å². The molecule has 1 aromatic rings. The number of hydrogen-bond donors (Lipinski definition) is 2. The lowest BCUT2D eigenvalue weighted by Crippen LogP contribution is -2.38. The monoisotopic (exact) mass is 257 g/mol. The average molecular weight is 258 g/mol. The van der Waals surface area contributed by atoms with Crippen molar-refractivity contribution in [2.75, 3.05) is 20.3 Å². The average Bonchev–Trinajstić information content (AvgIpc) is 2.30. The van der Waals surface area contributed by atoms with E-state index in [1.165, 1.54) is 0 Å². The molecule has 1 unspecified atom stereocenters. The van der Waals surface area contributed by atoms with Crippen molar-refractivity contribution < 1.29 is 14.6 Å². The van der Waals surface area contributed by atoms with Crippen LogP contribution in [-0.4, -0.2) is 37.4 Å². The molecule has 1 aromatic carbocycles. The molecule has 5 heteroatoms. The largest absolute Gasteiger partial charge is 0.396 e. The van der Waals surface area contributed by atoms with Crippen LogP contribution < -0.4 is 5.32 Å². The Bertz CT molecular complexity index is 365. The van der Waals surface area contributed by atoms with E-state index in [1.807, 2.05) is 0 Å². The van der Waals surface area contributed by atoms with E-state index >= 15 is 0 Å². The summed E-state index contributed by atoms with van der Waals surface area (Å²) < 4.78 is 4.96. The fraction of sp³-hybridized carbons (Fsp3) is 0.417. The maximum atomic E-state index is 11.9. The van der Waals surface area contributed by atoms with Crippen LogP contribution in [0.25, 0.3) is 0 Å². The lowest BCUT2D eigenvalue weighted by Gasteiger charge is -2.17. The molecule has 0 heterocycles. The molecule has 0 saturated carbocycles. The minimum atomic E-state index is -0.258. The van der Waals surface area contributed by atoms with Crippen LogP contribution in [0.1, 0.15) is 16.8 Å². The number of ether oxygens (including phenoxy) is 1. The van der Waals surface area contributed by atoms with Crippen molar-refractivity contribution in [1.82, 2.24) is 5.32 Å². The molecule has 1 rings (SSSR count). The Morgan fingerprint density at radius 2 is 2.24 bits per heavy atom. The van der Waals surface area contributed by atoms with Crippen molar-refractivity contribution in [3.8, 4) is 0 Å². The molecule has 94 valence electrons. The molecule has 1 atom stereocenters. The van der Waals surface area contributed by atoms with E-state index in [1.54, 1.807) is 31.4 Å². The highest BCUT2D eigenvalue weighted by Gasteiger charge is 2.15. The summed E-state index contributed by atoms with van der Waals surface area (Å²) in [6, 6.07) is 6.61. The summed E-state index contributed by atoms with van der Waals surface area (Å²) in [4.78, 5) is 11.9. The summed E-state index contributed by atoms with van der Waals surface area (Å²) in [5.74, 6) is -0.258. The molecular weight excluding hydrogens is 242 g/mol. The minimum Gasteiger partial charge on any atom is -0.396 e. The molecule has 0 spiro atoms. The van der Waals surface area contributed by atoms with E-state index in [2.05, 4.69) is 5.32 Å². The molecule has 0 fully saturated rings. The van der Waals surface area contributed by atoms with E-state index in [9.17, 15) is 4.79 Å². The molecule has 1 amide bonds. The lowest BCUT2D eigenvalue weighted by molar-refractivity contribution is 0.0879. The third kappa shape index (κ3) is 4.34. The normalized spacial score (nSPS) is 12.2. The van der Waals surface area contributed by atoms with Gasteiger partial charge in [-0.15, -0.1) is 0 Å². The van der Waals surface area contributed by atoms with Crippen LogP contribution in [0.2, 0.25) is 5.02 Å². The minimum absolute atomic E-state index is 0.00315. The Morgan fingerprint density at radius 3 is 2.82 bits per heavy atom. The summed E-state index contributed by atoms with van der Waals surface area (Å²) in [5.41, 5.74) is 0.424. The number of halogens is 1. The number of carbonyl (C=O) groups excluding carboxylic acids is 1. The second kappa shape index (κ2) is 7.27. The van der Waals surface area contributed by atoms with Gasteiger partial charge in [0.2, 0.25) is 0 Å². The van der Waals surface area contributed by atoms with Crippen LogP contribution in [0, 0.1) is 0 Å². The molecule has 4 nitrogen and oxygen atoms in total. The van der Waals surface area contributed by atoms with Gasteiger partial charge in [0.05, 0.1) is 23.2 Å². The maximum absolute atomic E-state index is 11.9. The van der Waals surface area contributed by atoms with Gasteiger partial charge in [-0.2, -0.15) is 0 Å². The first kappa shape index (κ1) is 14.0. The highest BCUT2D eigenvalue weighted by molar-refractivity contribution is 6.33. The standard InChI is InChI=1S/C12H16ClNO3/c1-17-8-9(6-7-15)14-12(16)10-4-2-3-5-11(10)13/h2-5,9,15H,6-8H2,1H3,(H,14,16). The Kier molecular flexibility index (Phi) is 5.97. The first-order valence-electron chi connectivity index (χ1n) is 5.34. The summed E-state index contributed by atoms with van der Waals surface area (Å²) in [6.45, 7) is 0.355. The zero-order chi connectivity index (χ0) is 12.7.